The first-order chi connectivity index (χ1) is 6.86. The van der Waals surface area contributed by atoms with Crippen LogP contribution in [0.1, 0.15) is 46.0 Å². The van der Waals surface area contributed by atoms with Gasteiger partial charge in [0, 0.05) is 18.0 Å². The van der Waals surface area contributed by atoms with Gasteiger partial charge >= 0.3 is 21.1 Å². The van der Waals surface area contributed by atoms with Crippen LogP contribution in [0.25, 0.3) is 0 Å². The van der Waals surface area contributed by atoms with E-state index < -0.39 is 11.9 Å². The Labute approximate surface area is 128 Å². The maximum atomic E-state index is 8.89. The van der Waals surface area contributed by atoms with E-state index in [1.807, 2.05) is 0 Å². The van der Waals surface area contributed by atoms with Crippen LogP contribution in [0.4, 0.5) is 0 Å². The summed E-state index contributed by atoms with van der Waals surface area (Å²) >= 11 is 0. The van der Waals surface area contributed by atoms with Crippen LogP contribution in [0.15, 0.2) is 0 Å². The van der Waals surface area contributed by atoms with Gasteiger partial charge in [0.1, 0.15) is 0 Å². The average molecular weight is 463 g/mol. The molecule has 0 unspecified atom stereocenters. The van der Waals surface area contributed by atoms with E-state index in [2.05, 4.69) is 0 Å². The molecule has 1 saturated carbocycles. The van der Waals surface area contributed by atoms with Crippen LogP contribution >= 0.6 is 0 Å². The number of nitrogens with two attached hydrogens (primary N) is 1. The second kappa shape index (κ2) is 26.1. The zero-order chi connectivity index (χ0) is 12.3. The van der Waals surface area contributed by atoms with Gasteiger partial charge in [0.05, 0.1) is 0 Å². The molecule has 19 heavy (non-hydrogen) atoms. The molecule has 0 aromatic carbocycles. The van der Waals surface area contributed by atoms with Gasteiger partial charge in [-0.3, -0.25) is 0 Å². The summed E-state index contributed by atoms with van der Waals surface area (Å²) in [5.74, 6) is -2.17. The van der Waals surface area contributed by atoms with Crippen molar-refractivity contribution in [2.24, 2.45) is 5.73 Å². The molecule has 0 atom stereocenters. The predicted octanol–water partition coefficient (Wildman–Crippen LogP) is -1.40. The fourth-order valence-corrected chi connectivity index (χ4v) is 1.13. The van der Waals surface area contributed by atoms with E-state index in [1.165, 1.54) is 32.1 Å². The van der Waals surface area contributed by atoms with Gasteiger partial charge in [-0.2, -0.15) is 0 Å². The molecule has 0 spiro atoms. The van der Waals surface area contributed by atoms with Crippen LogP contribution in [0.3, 0.4) is 0 Å². The van der Waals surface area contributed by atoms with Gasteiger partial charge in [-0.05, 0) is 26.7 Å². The van der Waals surface area contributed by atoms with Crippen LogP contribution in [0.5, 0.6) is 0 Å². The average Bonchev–Trinajstić information content (AvgIpc) is 2.03. The summed E-state index contributed by atoms with van der Waals surface area (Å²) in [7, 11) is 0. The number of aliphatic carboxylic acids is 2. The van der Waals surface area contributed by atoms with E-state index in [4.69, 9.17) is 25.5 Å². The van der Waals surface area contributed by atoms with E-state index >= 15 is 0 Å². The first-order valence-electron chi connectivity index (χ1n) is 4.97. The van der Waals surface area contributed by atoms with Crippen molar-refractivity contribution in [1.29, 1.82) is 0 Å². The molecule has 0 radical (unpaired) electrons. The van der Waals surface area contributed by atoms with Crippen molar-refractivity contribution in [3.8, 4) is 0 Å². The minimum absolute atomic E-state index is 0. The van der Waals surface area contributed by atoms with Crippen LogP contribution in [-0.4, -0.2) is 28.9 Å². The fourth-order valence-electron chi connectivity index (χ4n) is 1.13. The third-order valence-corrected chi connectivity index (χ3v) is 1.65. The van der Waals surface area contributed by atoms with Gasteiger partial charge in [-0.15, -0.1) is 0 Å². The Morgan fingerprint density at radius 1 is 0.947 bits per heavy atom. The Kier molecular flexibility index (Phi) is 49.8. The van der Waals surface area contributed by atoms with Gasteiger partial charge in [0.15, 0.2) is 0 Å². The summed E-state index contributed by atoms with van der Waals surface area (Å²) in [6, 6.07) is 0.536. The number of hydrogen-bond donors (Lipinski definition) is 2. The smallest absolute Gasteiger partial charge is 0.870 e. The molecule has 0 saturated heterocycles. The number of carbonyl (C=O) groups excluding carboxylic acids is 2. The molecular formula is C10H24N2O6Pt. The molecule has 1 fully saturated rings. The van der Waals surface area contributed by atoms with Gasteiger partial charge in [0.2, 0.25) is 0 Å². The monoisotopic (exact) mass is 463 g/mol. The van der Waals surface area contributed by atoms with Gasteiger partial charge in [-0.1, -0.05) is 19.3 Å². The molecule has 8 nitrogen and oxygen atoms in total. The van der Waals surface area contributed by atoms with Crippen molar-refractivity contribution in [1.82, 2.24) is 6.15 Å². The van der Waals surface area contributed by atoms with E-state index in [9.17, 15) is 0 Å². The summed E-state index contributed by atoms with van der Waals surface area (Å²) in [6.07, 6.45) is 6.66. The minimum atomic E-state index is -1.08. The fraction of sp³-hybridized carbons (Fsp3) is 0.800. The van der Waals surface area contributed by atoms with Crippen molar-refractivity contribution in [3.05, 3.63) is 0 Å². The Balaban J connectivity index is -0.0000000320. The second-order valence-corrected chi connectivity index (χ2v) is 3.38. The van der Waals surface area contributed by atoms with Crippen molar-refractivity contribution < 1.29 is 51.8 Å². The molecule has 7 N–H and O–H groups in total. The predicted molar refractivity (Wildman–Crippen MR) is 61.3 cm³/mol. The molecule has 9 heteroatoms. The van der Waals surface area contributed by atoms with E-state index in [0.717, 1.165) is 13.8 Å². The van der Waals surface area contributed by atoms with Crippen molar-refractivity contribution in [2.45, 2.75) is 52.0 Å². The normalized spacial score (nSPS) is 11.9. The van der Waals surface area contributed by atoms with Crippen LogP contribution < -0.4 is 22.1 Å². The van der Waals surface area contributed by atoms with E-state index in [1.54, 1.807) is 0 Å². The van der Waals surface area contributed by atoms with Gasteiger partial charge in [0.25, 0.3) is 0 Å². The SMILES string of the molecule is CC(=O)[O-].CC(=O)[O-].N.NC1CCCCC1.[OH-].[OH-].[Pt+4]. The molecule has 1 aliphatic carbocycles. The van der Waals surface area contributed by atoms with Crippen LogP contribution in [0.2, 0.25) is 0 Å². The summed E-state index contributed by atoms with van der Waals surface area (Å²) < 4.78 is 0. The van der Waals surface area contributed by atoms with Crippen molar-refractivity contribution >= 4 is 11.9 Å². The van der Waals surface area contributed by atoms with Crippen LogP contribution in [-0.2, 0) is 30.7 Å². The zero-order valence-electron chi connectivity index (χ0n) is 11.2. The maximum Gasteiger partial charge on any atom is 4.00 e. The van der Waals surface area contributed by atoms with E-state index in [0.29, 0.717) is 6.04 Å². The Morgan fingerprint density at radius 3 is 1.26 bits per heavy atom. The molecule has 0 aromatic heterocycles. The Bertz CT molecular complexity index is 169. The van der Waals surface area contributed by atoms with Crippen LogP contribution in [0, 0.1) is 0 Å². The number of rotatable bonds is 0. The zero-order valence-corrected chi connectivity index (χ0v) is 13.5. The number of carboxylic acids is 2. The second-order valence-electron chi connectivity index (χ2n) is 3.38. The minimum Gasteiger partial charge on any atom is -0.870 e. The molecule has 1 rings (SSSR count). The summed E-state index contributed by atoms with van der Waals surface area (Å²) in [4.78, 5) is 17.8. The molecule has 0 aromatic rings. The summed E-state index contributed by atoms with van der Waals surface area (Å²) in [5.41, 5.74) is 5.63. The topological polar surface area (TPSA) is 201 Å². The number of hydrogen-bond acceptors (Lipinski definition) is 8. The molecule has 0 heterocycles. The molecular weight excluding hydrogens is 439 g/mol. The number of carbonyl (C=O) groups is 2. The largest absolute Gasteiger partial charge is 4.00 e. The Morgan fingerprint density at radius 2 is 1.16 bits per heavy atom. The maximum absolute atomic E-state index is 8.89. The molecule has 0 amide bonds. The van der Waals surface area contributed by atoms with Crippen molar-refractivity contribution in [3.63, 3.8) is 0 Å². The van der Waals surface area contributed by atoms with E-state index in [-0.39, 0.29) is 38.2 Å². The number of carboxylic acid groups (broad SMARTS) is 2. The van der Waals surface area contributed by atoms with Crippen molar-refractivity contribution in [2.75, 3.05) is 0 Å². The molecule has 0 bridgehead atoms. The third kappa shape index (κ3) is 74.9. The third-order valence-electron chi connectivity index (χ3n) is 1.65. The Hall–Kier alpha value is -0.532. The molecule has 0 aliphatic heterocycles. The standard InChI is InChI=1S/C6H13N.2C2H4O2.H3N.2H2O.Pt/c7-6-4-2-1-3-5-6;2*1-2(3)4;;;;/h6H,1-5,7H2;2*1H3,(H,3,4);1H3;2*1H2;/q;;;;;;+4/p-4. The first kappa shape index (κ1) is 36.3. The van der Waals surface area contributed by atoms with Gasteiger partial charge in [-0.25, -0.2) is 0 Å². The molecule has 1 aliphatic rings. The first-order valence-corrected chi connectivity index (χ1v) is 4.97. The van der Waals surface area contributed by atoms with Gasteiger partial charge < -0.3 is 42.6 Å². The molecule has 120 valence electrons. The summed E-state index contributed by atoms with van der Waals surface area (Å²) in [6.45, 7) is 1.94. The quantitative estimate of drug-likeness (QED) is 0.436. The summed E-state index contributed by atoms with van der Waals surface area (Å²) in [5, 5.41) is 17.8.